The molecule has 0 aliphatic heterocycles. The van der Waals surface area contributed by atoms with E-state index in [1.165, 1.54) is 7.05 Å². The molecule has 6 N–H and O–H groups in total. The summed E-state index contributed by atoms with van der Waals surface area (Å²) in [6.45, 7) is -0.0986. The molecule has 28 heavy (non-hydrogen) atoms. The van der Waals surface area contributed by atoms with Crippen LogP contribution in [0.1, 0.15) is 37.1 Å². The maximum absolute atomic E-state index is 13.0. The van der Waals surface area contributed by atoms with Crippen LogP contribution in [0.15, 0.2) is 17.8 Å². The number of aromatic hydroxyl groups is 1. The van der Waals surface area contributed by atoms with Crippen molar-refractivity contribution in [2.45, 2.75) is 37.9 Å². The lowest BCUT2D eigenvalue weighted by atomic mass is 10.2. The highest BCUT2D eigenvalue weighted by Crippen LogP contribution is 2.34. The average Bonchev–Trinajstić information content (AvgIpc) is 3.14. The molecule has 0 saturated heterocycles. The summed E-state index contributed by atoms with van der Waals surface area (Å²) >= 11 is 0. The van der Waals surface area contributed by atoms with Crippen molar-refractivity contribution in [3.63, 3.8) is 0 Å². The molecule has 0 atom stereocenters. The van der Waals surface area contributed by atoms with E-state index in [1.807, 2.05) is 0 Å². The highest BCUT2D eigenvalue weighted by atomic mass is 19.4. The van der Waals surface area contributed by atoms with Gasteiger partial charge in [0.1, 0.15) is 5.75 Å². The van der Waals surface area contributed by atoms with Crippen molar-refractivity contribution >= 4 is 11.7 Å². The van der Waals surface area contributed by atoms with Crippen LogP contribution in [0.5, 0.6) is 5.75 Å². The number of hydrogen-bond acceptors (Lipinski definition) is 6. The van der Waals surface area contributed by atoms with Gasteiger partial charge in [-0.15, -0.1) is 0 Å². The SMILES string of the molecule is CN(N)/C(CNC(=O)N(C)C1CCCC1)=C(\N)c1ccc(O)c(C(F)(F)F)n1. The summed E-state index contributed by atoms with van der Waals surface area (Å²) in [5, 5.41) is 13.2. The first-order valence-corrected chi connectivity index (χ1v) is 8.77. The number of hydrazine groups is 1. The van der Waals surface area contributed by atoms with Gasteiger partial charge in [-0.05, 0) is 25.0 Å². The van der Waals surface area contributed by atoms with E-state index in [1.54, 1.807) is 11.9 Å². The molecule has 0 radical (unpaired) electrons. The molecule has 156 valence electrons. The maximum atomic E-state index is 13.0. The number of carbonyl (C=O) groups is 1. The first-order chi connectivity index (χ1) is 13.0. The molecule has 1 saturated carbocycles. The third kappa shape index (κ3) is 4.97. The molecule has 1 aromatic heterocycles. The molecule has 0 bridgehead atoms. The number of urea groups is 1. The predicted octanol–water partition coefficient (Wildman–Crippen LogP) is 1.82. The number of nitrogens with one attached hydrogen (secondary N) is 1. The summed E-state index contributed by atoms with van der Waals surface area (Å²) in [5.74, 6) is 4.74. The zero-order valence-electron chi connectivity index (χ0n) is 15.8. The summed E-state index contributed by atoms with van der Waals surface area (Å²) in [6, 6.07) is 1.84. The number of aromatic nitrogens is 1. The second-order valence-electron chi connectivity index (χ2n) is 6.74. The molecule has 0 unspecified atom stereocenters. The van der Waals surface area contributed by atoms with Gasteiger partial charge in [0.15, 0.2) is 5.69 Å². The minimum absolute atomic E-state index is 0.0986. The molecule has 1 fully saturated rings. The number of halogens is 3. The largest absolute Gasteiger partial charge is 0.506 e. The van der Waals surface area contributed by atoms with Crippen molar-refractivity contribution in [2.75, 3.05) is 20.6 Å². The molecule has 1 heterocycles. The van der Waals surface area contributed by atoms with Gasteiger partial charge in [-0.2, -0.15) is 13.2 Å². The van der Waals surface area contributed by atoms with Crippen LogP contribution in [-0.2, 0) is 6.18 Å². The van der Waals surface area contributed by atoms with Gasteiger partial charge in [-0.25, -0.2) is 15.6 Å². The van der Waals surface area contributed by atoms with Crippen LogP contribution in [-0.4, -0.2) is 52.7 Å². The van der Waals surface area contributed by atoms with Crippen LogP contribution < -0.4 is 16.9 Å². The lowest BCUT2D eigenvalue weighted by Gasteiger charge is -2.26. The molecule has 2 rings (SSSR count). The summed E-state index contributed by atoms with van der Waals surface area (Å²) in [5.41, 5.74) is 4.35. The lowest BCUT2D eigenvalue weighted by molar-refractivity contribution is -0.142. The highest BCUT2D eigenvalue weighted by molar-refractivity contribution is 5.75. The highest BCUT2D eigenvalue weighted by Gasteiger charge is 2.36. The van der Waals surface area contributed by atoms with Gasteiger partial charge in [0.25, 0.3) is 0 Å². The van der Waals surface area contributed by atoms with Crippen molar-refractivity contribution in [2.24, 2.45) is 11.6 Å². The zero-order chi connectivity index (χ0) is 21.1. The smallest absolute Gasteiger partial charge is 0.437 e. The fraction of sp³-hybridized carbons (Fsp3) is 0.529. The fourth-order valence-electron chi connectivity index (χ4n) is 3.11. The van der Waals surface area contributed by atoms with Gasteiger partial charge in [-0.3, -0.25) is 0 Å². The lowest BCUT2D eigenvalue weighted by Crippen LogP contribution is -2.45. The normalized spacial score (nSPS) is 15.9. The Morgan fingerprint density at radius 1 is 1.32 bits per heavy atom. The van der Waals surface area contributed by atoms with E-state index >= 15 is 0 Å². The molecule has 0 aromatic carbocycles. The number of carbonyl (C=O) groups excluding carboxylic acids is 1. The molecule has 1 aliphatic carbocycles. The van der Waals surface area contributed by atoms with Crippen LogP contribution in [0.4, 0.5) is 18.0 Å². The molecule has 1 aromatic rings. The summed E-state index contributed by atoms with van der Waals surface area (Å²) in [6.07, 6.45) is -0.834. The topological polar surface area (TPSA) is 121 Å². The molecular formula is C17H25F3N6O2. The van der Waals surface area contributed by atoms with Crippen molar-refractivity contribution in [1.29, 1.82) is 0 Å². The Hall–Kier alpha value is -2.69. The van der Waals surface area contributed by atoms with Crippen molar-refractivity contribution in [3.05, 3.63) is 29.2 Å². The third-order valence-corrected chi connectivity index (χ3v) is 4.75. The van der Waals surface area contributed by atoms with E-state index in [-0.39, 0.29) is 35.7 Å². The molecular weight excluding hydrogens is 377 g/mol. The minimum Gasteiger partial charge on any atom is -0.506 e. The van der Waals surface area contributed by atoms with Crippen molar-refractivity contribution in [3.8, 4) is 5.75 Å². The Kier molecular flexibility index (Phi) is 6.60. The Bertz CT molecular complexity index is 745. The van der Waals surface area contributed by atoms with E-state index < -0.39 is 17.6 Å². The number of nitrogens with zero attached hydrogens (tertiary/aromatic N) is 3. The van der Waals surface area contributed by atoms with Crippen LogP contribution in [0.3, 0.4) is 0 Å². The zero-order valence-corrected chi connectivity index (χ0v) is 15.8. The van der Waals surface area contributed by atoms with Gasteiger partial charge in [-0.1, -0.05) is 12.8 Å². The minimum atomic E-state index is -4.84. The molecule has 1 aliphatic rings. The number of nitrogens with two attached hydrogens (primary N) is 2. The second kappa shape index (κ2) is 8.55. The quantitative estimate of drug-likeness (QED) is 0.440. The predicted molar refractivity (Wildman–Crippen MR) is 97.4 cm³/mol. The third-order valence-electron chi connectivity index (χ3n) is 4.75. The molecule has 11 heteroatoms. The van der Waals surface area contributed by atoms with Crippen LogP contribution in [0.25, 0.3) is 5.70 Å². The van der Waals surface area contributed by atoms with Gasteiger partial charge in [0.05, 0.1) is 23.6 Å². The van der Waals surface area contributed by atoms with Gasteiger partial charge < -0.3 is 26.1 Å². The number of likely N-dealkylation sites (N-methyl/N-ethyl adjacent to an activating group) is 1. The number of hydrogen-bond donors (Lipinski definition) is 4. The van der Waals surface area contributed by atoms with Gasteiger partial charge in [0.2, 0.25) is 0 Å². The van der Waals surface area contributed by atoms with Crippen LogP contribution >= 0.6 is 0 Å². The fourth-order valence-corrected chi connectivity index (χ4v) is 3.11. The molecule has 2 amide bonds. The van der Waals surface area contributed by atoms with E-state index in [0.717, 1.165) is 42.8 Å². The number of amides is 2. The van der Waals surface area contributed by atoms with Crippen LogP contribution in [0, 0.1) is 0 Å². The second-order valence-corrected chi connectivity index (χ2v) is 6.74. The first-order valence-electron chi connectivity index (χ1n) is 8.77. The van der Waals surface area contributed by atoms with E-state index in [4.69, 9.17) is 11.6 Å². The number of pyridine rings is 1. The average molecular weight is 402 g/mol. The first kappa shape index (κ1) is 21.6. The standard InChI is InChI=1S/C17H25F3N6O2/c1-25(10-5-3-4-6-10)16(28)23-9-12(26(2)22)14(21)11-7-8-13(27)15(24-11)17(18,19)20/h7-8,10,27H,3-6,9,21-22H2,1-2H3,(H,23,28)/b14-12-. The van der Waals surface area contributed by atoms with Crippen molar-refractivity contribution in [1.82, 2.24) is 20.2 Å². The van der Waals surface area contributed by atoms with E-state index in [2.05, 4.69) is 10.3 Å². The summed E-state index contributed by atoms with van der Waals surface area (Å²) < 4.78 is 38.9. The monoisotopic (exact) mass is 402 g/mol. The van der Waals surface area contributed by atoms with Gasteiger partial charge >= 0.3 is 12.2 Å². The van der Waals surface area contributed by atoms with Crippen molar-refractivity contribution < 1.29 is 23.1 Å². The number of alkyl halides is 3. The summed E-state index contributed by atoms with van der Waals surface area (Å²) in [4.78, 5) is 17.4. The van der Waals surface area contributed by atoms with Crippen LogP contribution in [0.2, 0.25) is 0 Å². The van der Waals surface area contributed by atoms with E-state index in [9.17, 15) is 23.1 Å². The Morgan fingerprint density at radius 2 is 1.93 bits per heavy atom. The Morgan fingerprint density at radius 3 is 2.46 bits per heavy atom. The Labute approximate surface area is 161 Å². The maximum Gasteiger partial charge on any atom is 0.437 e. The Balaban J connectivity index is 2.21. The van der Waals surface area contributed by atoms with E-state index in [0.29, 0.717) is 0 Å². The summed E-state index contributed by atoms with van der Waals surface area (Å²) in [7, 11) is 3.14. The number of rotatable bonds is 5. The van der Waals surface area contributed by atoms with Gasteiger partial charge in [0, 0.05) is 20.1 Å². The molecule has 0 spiro atoms. The molecule has 8 nitrogen and oxygen atoms in total.